The number of imidazole rings is 1. The first-order valence-electron chi connectivity index (χ1n) is 7.70. The van der Waals surface area contributed by atoms with Crippen LogP contribution < -0.4 is 14.6 Å². The molecule has 0 bridgehead atoms. The fourth-order valence-electron chi connectivity index (χ4n) is 3.16. The van der Waals surface area contributed by atoms with Crippen molar-refractivity contribution in [3.8, 4) is 5.75 Å². The van der Waals surface area contributed by atoms with Gasteiger partial charge in [0.15, 0.2) is 5.78 Å². The minimum Gasteiger partial charge on any atom is -0.497 e. The van der Waals surface area contributed by atoms with Crippen molar-refractivity contribution in [3.05, 3.63) is 54.1 Å². The van der Waals surface area contributed by atoms with Gasteiger partial charge in [-0.05, 0) is 36.4 Å². The predicted octanol–water partition coefficient (Wildman–Crippen LogP) is 2.25. The van der Waals surface area contributed by atoms with Gasteiger partial charge < -0.3 is 4.74 Å². The van der Waals surface area contributed by atoms with Gasteiger partial charge in [0.05, 0.1) is 13.7 Å². The molecule has 0 amide bonds. The smallest absolute Gasteiger partial charge is 0.359 e. The van der Waals surface area contributed by atoms with Crippen molar-refractivity contribution in [3.63, 3.8) is 0 Å². The molecule has 5 heteroatoms. The van der Waals surface area contributed by atoms with Crippen molar-refractivity contribution in [2.45, 2.75) is 13.1 Å². The summed E-state index contributed by atoms with van der Waals surface area (Å²) in [4.78, 5) is 12.7. The van der Waals surface area contributed by atoms with Crippen LogP contribution in [0, 0.1) is 0 Å². The summed E-state index contributed by atoms with van der Waals surface area (Å²) in [6.45, 7) is 2.15. The molecular formula is C18H18N3O2+. The van der Waals surface area contributed by atoms with E-state index < -0.39 is 0 Å². The molecule has 0 saturated carbocycles. The first-order valence-corrected chi connectivity index (χ1v) is 7.70. The fraction of sp³-hybridized carbons (Fsp3) is 0.222. The van der Waals surface area contributed by atoms with Crippen LogP contribution in [-0.4, -0.2) is 24.0 Å². The van der Waals surface area contributed by atoms with Crippen LogP contribution in [0.3, 0.4) is 0 Å². The average Bonchev–Trinajstić information content (AvgIpc) is 3.18. The summed E-state index contributed by atoms with van der Waals surface area (Å²) in [5, 5.41) is 3.39. The Morgan fingerprint density at radius 2 is 2.00 bits per heavy atom. The maximum atomic E-state index is 12.7. The quantitative estimate of drug-likeness (QED) is 0.594. The van der Waals surface area contributed by atoms with Crippen LogP contribution in [0.4, 0.5) is 5.95 Å². The predicted molar refractivity (Wildman–Crippen MR) is 87.9 cm³/mol. The van der Waals surface area contributed by atoms with Crippen LogP contribution in [0.15, 0.2) is 48.5 Å². The minimum absolute atomic E-state index is 0.0884. The monoisotopic (exact) mass is 308 g/mol. The molecule has 0 saturated heterocycles. The third kappa shape index (κ3) is 2.25. The van der Waals surface area contributed by atoms with Crippen molar-refractivity contribution in [1.82, 2.24) is 4.57 Å². The Morgan fingerprint density at radius 3 is 2.78 bits per heavy atom. The highest BCUT2D eigenvalue weighted by atomic mass is 16.5. The Balaban J connectivity index is 1.71. The highest BCUT2D eigenvalue weighted by Crippen LogP contribution is 2.21. The molecular weight excluding hydrogens is 290 g/mol. The fourth-order valence-corrected chi connectivity index (χ4v) is 3.16. The van der Waals surface area contributed by atoms with Crippen molar-refractivity contribution in [2.24, 2.45) is 0 Å². The van der Waals surface area contributed by atoms with E-state index in [4.69, 9.17) is 4.74 Å². The van der Waals surface area contributed by atoms with Gasteiger partial charge in [-0.3, -0.25) is 10.1 Å². The number of benzene rings is 2. The van der Waals surface area contributed by atoms with Gasteiger partial charge in [-0.1, -0.05) is 12.1 Å². The van der Waals surface area contributed by atoms with E-state index in [-0.39, 0.29) is 5.78 Å². The molecule has 2 aromatic carbocycles. The summed E-state index contributed by atoms with van der Waals surface area (Å²) < 4.78 is 9.44. The van der Waals surface area contributed by atoms with E-state index in [1.807, 2.05) is 36.4 Å². The third-order valence-corrected chi connectivity index (χ3v) is 4.31. The van der Waals surface area contributed by atoms with Crippen LogP contribution in [0.2, 0.25) is 0 Å². The number of carbonyl (C=O) groups excluding carboxylic acids is 1. The molecule has 3 aromatic rings. The second-order valence-corrected chi connectivity index (χ2v) is 5.63. The van der Waals surface area contributed by atoms with Gasteiger partial charge in [-0.2, -0.15) is 0 Å². The number of hydrogen-bond donors (Lipinski definition) is 1. The van der Waals surface area contributed by atoms with Crippen LogP contribution in [0.5, 0.6) is 5.75 Å². The Morgan fingerprint density at radius 1 is 1.22 bits per heavy atom. The Kier molecular flexibility index (Phi) is 3.26. The number of Topliss-reactive ketones (excluding diaryl/α,β-unsaturated/α-hetero) is 1. The molecule has 23 heavy (non-hydrogen) atoms. The molecule has 0 atom stereocenters. The first kappa shape index (κ1) is 13.8. The zero-order chi connectivity index (χ0) is 15.8. The lowest BCUT2D eigenvalue weighted by molar-refractivity contribution is -0.644. The highest BCUT2D eigenvalue weighted by molar-refractivity contribution is 5.97. The number of carbonyl (C=O) groups is 1. The SMILES string of the molecule is COc1ccc(C(=O)Cn2c3[n+](c4ccccc42)CCN3)cc1. The lowest BCUT2D eigenvalue weighted by atomic mass is 10.1. The van der Waals surface area contributed by atoms with Gasteiger partial charge in [0, 0.05) is 5.56 Å². The van der Waals surface area contributed by atoms with Crippen LogP contribution >= 0.6 is 0 Å². The number of aromatic nitrogens is 2. The number of para-hydroxylation sites is 2. The molecule has 1 aromatic heterocycles. The molecule has 0 fully saturated rings. The topological polar surface area (TPSA) is 47.1 Å². The molecule has 116 valence electrons. The number of fused-ring (bicyclic) bond motifs is 3. The number of nitrogens with one attached hydrogen (secondary N) is 1. The highest BCUT2D eigenvalue weighted by Gasteiger charge is 2.29. The van der Waals surface area contributed by atoms with Gasteiger partial charge in [-0.15, -0.1) is 0 Å². The zero-order valence-corrected chi connectivity index (χ0v) is 13.0. The third-order valence-electron chi connectivity index (χ3n) is 4.31. The largest absolute Gasteiger partial charge is 0.497 e. The van der Waals surface area contributed by atoms with Gasteiger partial charge in [-0.25, -0.2) is 9.13 Å². The average molecular weight is 308 g/mol. The lowest BCUT2D eigenvalue weighted by Gasteiger charge is -2.04. The molecule has 1 aliphatic heterocycles. The van der Waals surface area contributed by atoms with Crippen LogP contribution in [-0.2, 0) is 13.1 Å². The number of ketones is 1. The molecule has 0 aliphatic carbocycles. The van der Waals surface area contributed by atoms with E-state index in [9.17, 15) is 4.79 Å². The van der Waals surface area contributed by atoms with Crippen molar-refractivity contribution in [1.29, 1.82) is 0 Å². The number of hydrogen-bond acceptors (Lipinski definition) is 3. The Labute approximate surface area is 134 Å². The number of rotatable bonds is 4. The maximum Gasteiger partial charge on any atom is 0.359 e. The molecule has 1 aliphatic rings. The second kappa shape index (κ2) is 5.43. The zero-order valence-electron chi connectivity index (χ0n) is 13.0. The summed E-state index contributed by atoms with van der Waals surface area (Å²) in [7, 11) is 1.62. The number of nitrogens with zero attached hydrogens (tertiary/aromatic N) is 2. The summed E-state index contributed by atoms with van der Waals surface area (Å²) in [6, 6.07) is 15.5. The van der Waals surface area contributed by atoms with E-state index >= 15 is 0 Å². The Bertz CT molecular complexity index is 881. The van der Waals surface area contributed by atoms with E-state index in [0.717, 1.165) is 35.8 Å². The standard InChI is InChI=1S/C18H17N3O2/c1-23-14-8-6-13(7-9-14)17(22)12-21-16-5-3-2-4-15(16)20-11-10-19-18(20)21/h2-9H,10-12H2,1H3/p+1. The van der Waals surface area contributed by atoms with E-state index in [1.54, 1.807) is 7.11 Å². The van der Waals surface area contributed by atoms with E-state index in [1.165, 1.54) is 0 Å². The molecule has 1 N–H and O–H groups in total. The van der Waals surface area contributed by atoms with E-state index in [2.05, 4.69) is 26.6 Å². The van der Waals surface area contributed by atoms with Gasteiger partial charge in [0.25, 0.3) is 0 Å². The molecule has 5 nitrogen and oxygen atoms in total. The molecule has 0 radical (unpaired) electrons. The maximum absolute atomic E-state index is 12.7. The van der Waals surface area contributed by atoms with Crippen molar-refractivity contribution in [2.75, 3.05) is 19.0 Å². The summed E-state index contributed by atoms with van der Waals surface area (Å²) in [6.07, 6.45) is 0. The molecule has 0 unspecified atom stereocenters. The summed E-state index contributed by atoms with van der Waals surface area (Å²) in [5.74, 6) is 1.85. The molecule has 0 spiro atoms. The molecule has 2 heterocycles. The van der Waals surface area contributed by atoms with Gasteiger partial charge in [0.1, 0.15) is 29.9 Å². The van der Waals surface area contributed by atoms with E-state index in [0.29, 0.717) is 12.1 Å². The summed E-state index contributed by atoms with van der Waals surface area (Å²) >= 11 is 0. The Hall–Kier alpha value is -2.82. The normalized spacial score (nSPS) is 12.9. The number of anilines is 1. The van der Waals surface area contributed by atoms with Gasteiger partial charge in [0.2, 0.25) is 0 Å². The van der Waals surface area contributed by atoms with Gasteiger partial charge >= 0.3 is 5.95 Å². The lowest BCUT2D eigenvalue weighted by Crippen LogP contribution is -2.29. The van der Waals surface area contributed by atoms with Crippen molar-refractivity contribution < 1.29 is 14.1 Å². The van der Waals surface area contributed by atoms with Crippen LogP contribution in [0.1, 0.15) is 10.4 Å². The van der Waals surface area contributed by atoms with Crippen LogP contribution in [0.25, 0.3) is 11.0 Å². The number of methoxy groups -OCH3 is 1. The minimum atomic E-state index is 0.0884. The number of ether oxygens (including phenoxy) is 1. The van der Waals surface area contributed by atoms with Crippen molar-refractivity contribution >= 4 is 22.8 Å². The summed E-state index contributed by atoms with van der Waals surface area (Å²) in [5.41, 5.74) is 2.94. The second-order valence-electron chi connectivity index (χ2n) is 5.63. The molecule has 4 rings (SSSR count). The first-order chi connectivity index (χ1) is 11.3.